The van der Waals surface area contributed by atoms with Gasteiger partial charge < -0.3 is 9.67 Å². The number of nitrogens with zero attached hydrogens (tertiary/aromatic N) is 1. The van der Waals surface area contributed by atoms with E-state index in [9.17, 15) is 9.18 Å². The molecular weight excluding hydrogens is 209 g/mol. The van der Waals surface area contributed by atoms with Gasteiger partial charge in [-0.25, -0.2) is 9.18 Å². The zero-order valence-corrected chi connectivity index (χ0v) is 8.85. The fraction of sp³-hybridized carbons (Fsp3) is 0.250. The third kappa shape index (κ3) is 1.66. The van der Waals surface area contributed by atoms with Crippen molar-refractivity contribution in [1.29, 1.82) is 0 Å². The molecule has 1 aromatic heterocycles. The molecule has 16 heavy (non-hydrogen) atoms. The van der Waals surface area contributed by atoms with Gasteiger partial charge in [0.2, 0.25) is 0 Å². The molecular formula is C12H12FNO2. The summed E-state index contributed by atoms with van der Waals surface area (Å²) in [5, 5.41) is 9.79. The van der Waals surface area contributed by atoms with Gasteiger partial charge in [0.25, 0.3) is 0 Å². The third-order valence-electron chi connectivity index (χ3n) is 2.69. The molecule has 0 aliphatic heterocycles. The quantitative estimate of drug-likeness (QED) is 0.865. The van der Waals surface area contributed by atoms with Gasteiger partial charge in [-0.1, -0.05) is 6.92 Å². The van der Waals surface area contributed by atoms with Crippen molar-refractivity contribution in [2.75, 3.05) is 0 Å². The summed E-state index contributed by atoms with van der Waals surface area (Å²) in [7, 11) is 0. The van der Waals surface area contributed by atoms with E-state index in [0.29, 0.717) is 6.42 Å². The van der Waals surface area contributed by atoms with E-state index in [1.807, 2.05) is 6.92 Å². The van der Waals surface area contributed by atoms with Crippen LogP contribution in [0.4, 0.5) is 4.39 Å². The summed E-state index contributed by atoms with van der Waals surface area (Å²) in [6.45, 7) is 1.81. The van der Waals surface area contributed by atoms with Crippen LogP contribution in [0.2, 0.25) is 0 Å². The van der Waals surface area contributed by atoms with Crippen LogP contribution in [-0.2, 0) is 4.79 Å². The predicted octanol–water partition coefficient (Wildman–Crippen LogP) is 2.82. The Morgan fingerprint density at radius 1 is 1.50 bits per heavy atom. The van der Waals surface area contributed by atoms with E-state index in [0.717, 1.165) is 10.9 Å². The van der Waals surface area contributed by atoms with Gasteiger partial charge in [0, 0.05) is 17.1 Å². The van der Waals surface area contributed by atoms with Gasteiger partial charge in [-0.15, -0.1) is 0 Å². The second-order valence-electron chi connectivity index (χ2n) is 3.69. The summed E-state index contributed by atoms with van der Waals surface area (Å²) in [6.07, 6.45) is 2.18. The lowest BCUT2D eigenvalue weighted by molar-refractivity contribution is -0.140. The number of carbonyl (C=O) groups is 1. The summed E-state index contributed by atoms with van der Waals surface area (Å²) in [5.41, 5.74) is 0.746. The van der Waals surface area contributed by atoms with Crippen molar-refractivity contribution in [2.24, 2.45) is 0 Å². The number of aromatic nitrogens is 1. The Morgan fingerprint density at radius 3 is 2.88 bits per heavy atom. The van der Waals surface area contributed by atoms with Crippen molar-refractivity contribution in [1.82, 2.24) is 4.57 Å². The Bertz CT molecular complexity index is 533. The minimum atomic E-state index is -0.871. The minimum absolute atomic E-state index is 0.311. The van der Waals surface area contributed by atoms with E-state index < -0.39 is 12.0 Å². The maximum atomic E-state index is 13.0. The Morgan fingerprint density at radius 2 is 2.25 bits per heavy atom. The molecule has 1 unspecified atom stereocenters. The highest BCUT2D eigenvalue weighted by Gasteiger charge is 2.18. The lowest BCUT2D eigenvalue weighted by Gasteiger charge is -2.13. The molecule has 4 heteroatoms. The second kappa shape index (κ2) is 3.96. The van der Waals surface area contributed by atoms with Crippen molar-refractivity contribution in [2.45, 2.75) is 19.4 Å². The van der Waals surface area contributed by atoms with Gasteiger partial charge in [-0.3, -0.25) is 0 Å². The number of rotatable bonds is 3. The second-order valence-corrected chi connectivity index (χ2v) is 3.69. The maximum Gasteiger partial charge on any atom is 0.326 e. The van der Waals surface area contributed by atoms with Crippen LogP contribution in [0, 0.1) is 5.82 Å². The first-order chi connectivity index (χ1) is 7.63. The fourth-order valence-corrected chi connectivity index (χ4v) is 1.90. The lowest BCUT2D eigenvalue weighted by Crippen LogP contribution is -2.17. The number of hydrogen-bond donors (Lipinski definition) is 1. The molecule has 1 atom stereocenters. The first kappa shape index (κ1) is 10.7. The van der Waals surface area contributed by atoms with Gasteiger partial charge in [0.15, 0.2) is 0 Å². The predicted molar refractivity (Wildman–Crippen MR) is 58.9 cm³/mol. The smallest absolute Gasteiger partial charge is 0.326 e. The number of carboxylic acids is 1. The molecule has 0 aliphatic carbocycles. The van der Waals surface area contributed by atoms with Gasteiger partial charge >= 0.3 is 5.97 Å². The highest BCUT2D eigenvalue weighted by atomic mass is 19.1. The lowest BCUT2D eigenvalue weighted by atomic mass is 10.2. The third-order valence-corrected chi connectivity index (χ3v) is 2.69. The molecule has 2 rings (SSSR count). The molecule has 1 heterocycles. The zero-order chi connectivity index (χ0) is 11.7. The molecule has 0 aliphatic rings. The molecule has 3 nitrogen and oxygen atoms in total. The molecule has 2 aromatic rings. The molecule has 0 saturated heterocycles. The Hall–Kier alpha value is -1.84. The zero-order valence-electron chi connectivity index (χ0n) is 8.85. The number of fused-ring (bicyclic) bond motifs is 1. The molecule has 1 N–H and O–H groups in total. The highest BCUT2D eigenvalue weighted by molar-refractivity contribution is 5.83. The molecule has 84 valence electrons. The molecule has 0 amide bonds. The maximum absolute atomic E-state index is 13.0. The Labute approximate surface area is 92.1 Å². The summed E-state index contributed by atoms with van der Waals surface area (Å²) < 4.78 is 14.6. The van der Waals surface area contributed by atoms with Crippen LogP contribution in [0.3, 0.4) is 0 Å². The van der Waals surface area contributed by atoms with Crippen LogP contribution >= 0.6 is 0 Å². The summed E-state index contributed by atoms with van der Waals surface area (Å²) >= 11 is 0. The normalized spacial score (nSPS) is 12.9. The number of carboxylic acid groups (broad SMARTS) is 1. The monoisotopic (exact) mass is 221 g/mol. The average Bonchev–Trinajstić information content (AvgIpc) is 2.62. The van der Waals surface area contributed by atoms with Crippen molar-refractivity contribution < 1.29 is 14.3 Å². The highest BCUT2D eigenvalue weighted by Crippen LogP contribution is 2.23. The van der Waals surface area contributed by atoms with E-state index in [2.05, 4.69) is 0 Å². The van der Waals surface area contributed by atoms with Crippen molar-refractivity contribution in [3.63, 3.8) is 0 Å². The molecule has 0 saturated carbocycles. The van der Waals surface area contributed by atoms with Crippen molar-refractivity contribution in [3.8, 4) is 0 Å². The van der Waals surface area contributed by atoms with Gasteiger partial charge in [0.1, 0.15) is 11.9 Å². The molecule has 0 fully saturated rings. The number of hydrogen-bond acceptors (Lipinski definition) is 1. The van der Waals surface area contributed by atoms with Crippen LogP contribution < -0.4 is 0 Å². The standard InChI is InChI=1S/C12H12FNO2/c1-2-10(12(15)16)14-6-5-8-7-9(13)3-4-11(8)14/h3-7,10H,2H2,1H3,(H,15,16). The average molecular weight is 221 g/mol. The Kier molecular flexibility index (Phi) is 2.64. The van der Waals surface area contributed by atoms with Crippen LogP contribution in [0.25, 0.3) is 10.9 Å². The van der Waals surface area contributed by atoms with Gasteiger partial charge in [0.05, 0.1) is 0 Å². The first-order valence-corrected chi connectivity index (χ1v) is 5.12. The largest absolute Gasteiger partial charge is 0.480 e. The Balaban J connectivity index is 2.57. The molecule has 1 aromatic carbocycles. The fourth-order valence-electron chi connectivity index (χ4n) is 1.90. The summed E-state index contributed by atoms with van der Waals surface area (Å²) in [4.78, 5) is 11.0. The van der Waals surface area contributed by atoms with Crippen LogP contribution in [-0.4, -0.2) is 15.6 Å². The van der Waals surface area contributed by atoms with Gasteiger partial charge in [-0.2, -0.15) is 0 Å². The number of aliphatic carboxylic acids is 1. The van der Waals surface area contributed by atoms with Crippen LogP contribution in [0.15, 0.2) is 30.5 Å². The topological polar surface area (TPSA) is 42.2 Å². The van der Waals surface area contributed by atoms with Gasteiger partial charge in [-0.05, 0) is 30.7 Å². The molecule has 0 bridgehead atoms. The van der Waals surface area contributed by atoms with Crippen LogP contribution in [0.5, 0.6) is 0 Å². The van der Waals surface area contributed by atoms with E-state index in [-0.39, 0.29) is 5.82 Å². The van der Waals surface area contributed by atoms with Crippen molar-refractivity contribution in [3.05, 3.63) is 36.3 Å². The summed E-state index contributed by atoms with van der Waals surface area (Å²) in [6, 6.07) is 5.48. The van der Waals surface area contributed by atoms with Crippen molar-refractivity contribution >= 4 is 16.9 Å². The number of benzene rings is 1. The van der Waals surface area contributed by atoms with E-state index in [1.165, 1.54) is 12.1 Å². The molecule has 0 radical (unpaired) electrons. The van der Waals surface area contributed by atoms with E-state index in [4.69, 9.17) is 5.11 Å². The van der Waals surface area contributed by atoms with Crippen LogP contribution in [0.1, 0.15) is 19.4 Å². The minimum Gasteiger partial charge on any atom is -0.480 e. The molecule has 0 spiro atoms. The summed E-state index contributed by atoms with van der Waals surface area (Å²) in [5.74, 6) is -1.18. The van der Waals surface area contributed by atoms with E-state index >= 15 is 0 Å². The van der Waals surface area contributed by atoms with E-state index in [1.54, 1.807) is 22.9 Å². The SMILES string of the molecule is CCC(C(=O)O)n1ccc2cc(F)ccc21. The first-order valence-electron chi connectivity index (χ1n) is 5.12. The number of halogens is 1.